The van der Waals surface area contributed by atoms with Crippen LogP contribution in [0.1, 0.15) is 26.2 Å². The molecule has 0 aromatic rings. The molecule has 3 aliphatic heterocycles. The average molecular weight is 277 g/mol. The van der Waals surface area contributed by atoms with Crippen molar-refractivity contribution in [1.82, 2.24) is 15.1 Å². The van der Waals surface area contributed by atoms with Crippen LogP contribution in [0.25, 0.3) is 0 Å². The lowest BCUT2D eigenvalue weighted by molar-refractivity contribution is 0.0689. The second-order valence-electron chi connectivity index (χ2n) is 6.39. The fourth-order valence-corrected chi connectivity index (χ4v) is 3.48. The van der Waals surface area contributed by atoms with E-state index in [0.29, 0.717) is 6.10 Å². The molecule has 112 valence electrons. The lowest BCUT2D eigenvalue weighted by Crippen LogP contribution is -2.35. The van der Waals surface area contributed by atoms with Gasteiger partial charge in [-0.2, -0.15) is 0 Å². The van der Waals surface area contributed by atoms with Gasteiger partial charge >= 0.3 is 0 Å². The van der Waals surface area contributed by atoms with Crippen LogP contribution in [0.4, 0.5) is 0 Å². The maximum absolute atomic E-state index is 6.23. The first-order valence-corrected chi connectivity index (χ1v) is 7.95. The van der Waals surface area contributed by atoms with Gasteiger partial charge in [-0.15, -0.1) is 0 Å². The molecule has 3 aliphatic rings. The zero-order chi connectivity index (χ0) is 13.9. The predicted molar refractivity (Wildman–Crippen MR) is 81.4 cm³/mol. The van der Waals surface area contributed by atoms with Crippen LogP contribution in [0.5, 0.6) is 0 Å². The minimum Gasteiger partial charge on any atom is -0.474 e. The van der Waals surface area contributed by atoms with Gasteiger partial charge in [-0.25, -0.2) is 0 Å². The van der Waals surface area contributed by atoms with Crippen LogP contribution in [0.3, 0.4) is 0 Å². The third-order valence-electron chi connectivity index (χ3n) is 4.66. The number of nitrogens with one attached hydrogen (secondary N) is 1. The number of ether oxygens (including phenoxy) is 1. The highest BCUT2D eigenvalue weighted by molar-refractivity contribution is 5.28. The smallest absolute Gasteiger partial charge is 0.191 e. The second kappa shape index (κ2) is 6.19. The molecule has 1 saturated heterocycles. The fourth-order valence-electron chi connectivity index (χ4n) is 3.48. The molecule has 4 nitrogen and oxygen atoms in total. The molecule has 0 aromatic carbocycles. The fraction of sp³-hybridized carbons (Fsp3) is 0.750. The van der Waals surface area contributed by atoms with Gasteiger partial charge in [-0.3, -0.25) is 4.90 Å². The summed E-state index contributed by atoms with van der Waals surface area (Å²) in [5.74, 6) is 1.01. The summed E-state index contributed by atoms with van der Waals surface area (Å²) in [5, 5.41) is 3.38. The minimum atomic E-state index is 0.305. The molecule has 3 rings (SSSR count). The molecule has 1 N–H and O–H groups in total. The molecule has 0 saturated carbocycles. The number of hydrogen-bond acceptors (Lipinski definition) is 4. The van der Waals surface area contributed by atoms with E-state index in [1.165, 1.54) is 25.0 Å². The van der Waals surface area contributed by atoms with Crippen LogP contribution < -0.4 is 5.32 Å². The Balaban J connectivity index is 1.59. The molecule has 4 heteroatoms. The molecule has 0 radical (unpaired) electrons. The Hall–Kier alpha value is -1.00. The highest BCUT2D eigenvalue weighted by Crippen LogP contribution is 2.21. The Morgan fingerprint density at radius 2 is 2.35 bits per heavy atom. The highest BCUT2D eigenvalue weighted by atomic mass is 16.5. The van der Waals surface area contributed by atoms with E-state index in [1.54, 1.807) is 0 Å². The van der Waals surface area contributed by atoms with E-state index in [9.17, 15) is 0 Å². The molecule has 0 spiro atoms. The van der Waals surface area contributed by atoms with Crippen molar-refractivity contribution < 1.29 is 4.74 Å². The average Bonchev–Trinajstić information content (AvgIpc) is 2.75. The lowest BCUT2D eigenvalue weighted by Gasteiger charge is -2.26. The molecule has 20 heavy (non-hydrogen) atoms. The van der Waals surface area contributed by atoms with Gasteiger partial charge in [0.05, 0.1) is 0 Å². The molecule has 0 bridgehead atoms. The first-order chi connectivity index (χ1) is 9.72. The van der Waals surface area contributed by atoms with Crippen molar-refractivity contribution in [2.24, 2.45) is 0 Å². The summed E-state index contributed by atoms with van der Waals surface area (Å²) in [7, 11) is 2.19. The van der Waals surface area contributed by atoms with Crippen molar-refractivity contribution in [2.45, 2.75) is 38.3 Å². The van der Waals surface area contributed by atoms with E-state index >= 15 is 0 Å². The summed E-state index contributed by atoms with van der Waals surface area (Å²) in [4.78, 5) is 4.98. The van der Waals surface area contributed by atoms with Crippen LogP contribution in [0.15, 0.2) is 23.6 Å². The van der Waals surface area contributed by atoms with Crippen molar-refractivity contribution in [3.05, 3.63) is 23.6 Å². The third kappa shape index (κ3) is 3.18. The number of dihydropyridines is 1. The van der Waals surface area contributed by atoms with Gasteiger partial charge in [0.1, 0.15) is 6.10 Å². The second-order valence-corrected chi connectivity index (χ2v) is 6.39. The monoisotopic (exact) mass is 277 g/mol. The number of likely N-dealkylation sites (tertiary alicyclic amines) is 1. The summed E-state index contributed by atoms with van der Waals surface area (Å²) >= 11 is 0. The van der Waals surface area contributed by atoms with E-state index in [1.807, 2.05) is 0 Å². The van der Waals surface area contributed by atoms with Crippen LogP contribution in [0.2, 0.25) is 0 Å². The number of likely N-dealkylation sites (N-methyl/N-ethyl adjacent to an activating group) is 1. The molecule has 0 amide bonds. The zero-order valence-electron chi connectivity index (χ0n) is 12.8. The number of hydrogen-bond donors (Lipinski definition) is 1. The molecule has 0 aromatic heterocycles. The molecular weight excluding hydrogens is 250 g/mol. The van der Waals surface area contributed by atoms with Crippen LogP contribution in [-0.2, 0) is 4.74 Å². The zero-order valence-corrected chi connectivity index (χ0v) is 12.8. The van der Waals surface area contributed by atoms with Crippen LogP contribution in [0, 0.1) is 0 Å². The minimum absolute atomic E-state index is 0.305. The summed E-state index contributed by atoms with van der Waals surface area (Å²) in [6, 6.07) is 0.754. The summed E-state index contributed by atoms with van der Waals surface area (Å²) in [6.45, 7) is 7.66. The Bertz CT molecular complexity index is 405. The maximum Gasteiger partial charge on any atom is 0.191 e. The van der Waals surface area contributed by atoms with E-state index in [2.05, 4.69) is 41.2 Å². The topological polar surface area (TPSA) is 27.7 Å². The van der Waals surface area contributed by atoms with Gasteiger partial charge in [0.15, 0.2) is 5.88 Å². The highest BCUT2D eigenvalue weighted by Gasteiger charge is 2.25. The van der Waals surface area contributed by atoms with Gasteiger partial charge in [0.25, 0.3) is 0 Å². The van der Waals surface area contributed by atoms with Crippen molar-refractivity contribution in [1.29, 1.82) is 0 Å². The van der Waals surface area contributed by atoms with Crippen molar-refractivity contribution in [2.75, 3.05) is 39.8 Å². The first kappa shape index (κ1) is 14.0. The Morgan fingerprint density at radius 3 is 3.15 bits per heavy atom. The summed E-state index contributed by atoms with van der Waals surface area (Å²) < 4.78 is 6.23. The van der Waals surface area contributed by atoms with E-state index < -0.39 is 0 Å². The number of rotatable bonds is 3. The van der Waals surface area contributed by atoms with Crippen LogP contribution in [-0.4, -0.2) is 61.7 Å². The summed E-state index contributed by atoms with van der Waals surface area (Å²) in [5.41, 5.74) is 1.29. The Kier molecular flexibility index (Phi) is 4.32. The molecule has 3 heterocycles. The van der Waals surface area contributed by atoms with E-state index in [-0.39, 0.29) is 0 Å². The van der Waals surface area contributed by atoms with Gasteiger partial charge in [0, 0.05) is 37.8 Å². The van der Waals surface area contributed by atoms with Gasteiger partial charge in [0.2, 0.25) is 0 Å². The van der Waals surface area contributed by atoms with Crippen molar-refractivity contribution in [3.63, 3.8) is 0 Å². The maximum atomic E-state index is 6.23. The summed E-state index contributed by atoms with van der Waals surface area (Å²) in [6.07, 6.45) is 8.51. The largest absolute Gasteiger partial charge is 0.474 e. The molecule has 0 aliphatic carbocycles. The quantitative estimate of drug-likeness (QED) is 0.847. The van der Waals surface area contributed by atoms with E-state index in [0.717, 1.165) is 44.5 Å². The normalized spacial score (nSPS) is 31.7. The van der Waals surface area contributed by atoms with Gasteiger partial charge in [-0.1, -0.05) is 12.2 Å². The Labute approximate surface area is 122 Å². The SMILES string of the molecule is CC1CCCN1CCC1CN(C)CC2=C(NCC=C2)O1. The molecule has 1 fully saturated rings. The molecule has 2 atom stereocenters. The van der Waals surface area contributed by atoms with Crippen LogP contribution >= 0.6 is 0 Å². The van der Waals surface area contributed by atoms with Gasteiger partial charge in [-0.05, 0) is 39.8 Å². The third-order valence-corrected chi connectivity index (χ3v) is 4.66. The Morgan fingerprint density at radius 1 is 1.45 bits per heavy atom. The van der Waals surface area contributed by atoms with Crippen molar-refractivity contribution in [3.8, 4) is 0 Å². The lowest BCUT2D eigenvalue weighted by atomic mass is 10.2. The predicted octanol–water partition coefficient (Wildman–Crippen LogP) is 1.56. The van der Waals surface area contributed by atoms with Crippen molar-refractivity contribution >= 4 is 0 Å². The first-order valence-electron chi connectivity index (χ1n) is 7.95. The van der Waals surface area contributed by atoms with E-state index in [4.69, 9.17) is 4.74 Å². The number of nitrogens with zero attached hydrogens (tertiary/aromatic N) is 2. The molecular formula is C16H27N3O. The van der Waals surface area contributed by atoms with Gasteiger partial charge < -0.3 is 15.0 Å². The molecule has 2 unspecified atom stereocenters. The standard InChI is InChI=1S/C16H27N3O/c1-13-5-4-9-19(13)10-7-15-12-18(2)11-14-6-3-8-17-16(14)20-15/h3,6,13,15,17H,4-5,7-12H2,1-2H3.